The van der Waals surface area contributed by atoms with Crippen LogP contribution in [-0.4, -0.2) is 89.6 Å². The molecule has 0 aromatic carbocycles. The van der Waals surface area contributed by atoms with E-state index >= 15 is 0 Å². The maximum atomic E-state index is 14.4. The van der Waals surface area contributed by atoms with E-state index < -0.39 is 73.2 Å². The molecule has 0 aromatic heterocycles. The Morgan fingerprint density at radius 3 is 2.04 bits per heavy atom. The van der Waals surface area contributed by atoms with Gasteiger partial charge in [0.1, 0.15) is 12.1 Å². The van der Waals surface area contributed by atoms with E-state index in [4.69, 9.17) is 0 Å². The highest BCUT2D eigenvalue weighted by molar-refractivity contribution is 7.92. The molecule has 0 aromatic rings. The van der Waals surface area contributed by atoms with Gasteiger partial charge in [0.15, 0.2) is 9.84 Å². The molecule has 0 radical (unpaired) electrons. The first-order valence-corrected chi connectivity index (χ1v) is 19.5. The molecule has 3 saturated carbocycles. The number of nitrogens with zero attached hydrogens (tertiary/aromatic N) is 1. The van der Waals surface area contributed by atoms with Gasteiger partial charge in [0.25, 0.3) is 5.91 Å². The number of fused-ring (bicyclic) bond motifs is 1. The van der Waals surface area contributed by atoms with Gasteiger partial charge in [-0.05, 0) is 75.5 Å². The van der Waals surface area contributed by atoms with Crippen LogP contribution < -0.4 is 21.3 Å². The second kappa shape index (κ2) is 13.5. The largest absolute Gasteiger partial charge is 0.347 e. The van der Waals surface area contributed by atoms with Gasteiger partial charge in [-0.25, -0.2) is 13.2 Å². The first-order chi connectivity index (χ1) is 22.0. The third-order valence-electron chi connectivity index (χ3n) is 11.1. The maximum absolute atomic E-state index is 14.4. The van der Waals surface area contributed by atoms with Crippen LogP contribution in [0.2, 0.25) is 0 Å². The number of likely N-dealkylation sites (tertiary alicyclic amines) is 1. The summed E-state index contributed by atoms with van der Waals surface area (Å²) in [5.41, 5.74) is -1.90. The molecule has 0 bridgehead atoms. The SMILES string of the molecule is CCCC(NC(=O)[C@H]1C2C(CN1C(=O)[C@@H](NC(=O)NC1(CS(=O)(=O)C(C)(C)C)CCCCC1)C(C)(C)C)C2(C)C)C(=O)C(=O)NC1CC1. The minimum absolute atomic E-state index is 0.00492. The molecular formula is C35H59N5O7S. The zero-order chi connectivity index (χ0) is 36.0. The molecule has 4 rings (SSSR count). The zero-order valence-corrected chi connectivity index (χ0v) is 31.3. The van der Waals surface area contributed by atoms with Crippen LogP contribution in [0.5, 0.6) is 0 Å². The summed E-state index contributed by atoms with van der Waals surface area (Å²) in [6.45, 7) is 16.8. The quantitative estimate of drug-likeness (QED) is 0.227. The summed E-state index contributed by atoms with van der Waals surface area (Å²) in [6.07, 6.45) is 6.10. The molecule has 13 heteroatoms. The molecular weight excluding hydrogens is 634 g/mol. The highest BCUT2D eigenvalue weighted by Gasteiger charge is 2.70. The van der Waals surface area contributed by atoms with Crippen LogP contribution in [0.1, 0.15) is 120 Å². The minimum Gasteiger partial charge on any atom is -0.347 e. The number of urea groups is 1. The lowest BCUT2D eigenvalue weighted by molar-refractivity contribution is -0.145. The summed E-state index contributed by atoms with van der Waals surface area (Å²) in [6, 6.07) is -3.50. The number of carbonyl (C=O) groups excluding carboxylic acids is 5. The summed E-state index contributed by atoms with van der Waals surface area (Å²) < 4.78 is 25.6. The maximum Gasteiger partial charge on any atom is 0.315 e. The van der Waals surface area contributed by atoms with Crippen LogP contribution in [0.15, 0.2) is 0 Å². The lowest BCUT2D eigenvalue weighted by atomic mass is 9.83. The van der Waals surface area contributed by atoms with Crippen molar-refractivity contribution in [2.75, 3.05) is 12.3 Å². The normalized spacial score (nSPS) is 26.0. The van der Waals surface area contributed by atoms with Crippen LogP contribution in [0, 0.1) is 22.7 Å². The predicted octanol–water partition coefficient (Wildman–Crippen LogP) is 3.23. The third-order valence-corrected chi connectivity index (χ3v) is 13.9. The number of amides is 5. The summed E-state index contributed by atoms with van der Waals surface area (Å²) in [5, 5.41) is 11.4. The first kappa shape index (κ1) is 38.1. The Kier molecular flexibility index (Phi) is 10.8. The van der Waals surface area contributed by atoms with Crippen molar-refractivity contribution in [3.8, 4) is 0 Å². The van der Waals surface area contributed by atoms with Crippen molar-refractivity contribution < 1.29 is 32.4 Å². The molecule has 1 heterocycles. The van der Waals surface area contributed by atoms with Gasteiger partial charge in [0.05, 0.1) is 22.1 Å². The fraction of sp³-hybridized carbons (Fsp3) is 0.857. The van der Waals surface area contributed by atoms with Crippen LogP contribution >= 0.6 is 0 Å². The van der Waals surface area contributed by atoms with Crippen molar-refractivity contribution >= 4 is 39.4 Å². The second-order valence-corrected chi connectivity index (χ2v) is 20.2. The number of piperidine rings is 1. The Labute approximate surface area is 287 Å². The number of rotatable bonds is 12. The molecule has 4 fully saturated rings. The molecule has 1 saturated heterocycles. The molecule has 12 nitrogen and oxygen atoms in total. The topological polar surface area (TPSA) is 171 Å². The van der Waals surface area contributed by atoms with Gasteiger partial charge < -0.3 is 26.2 Å². The number of nitrogens with one attached hydrogen (secondary N) is 4. The standard InChI is InChI=1S/C35H59N5O7S/c1-10-14-23(26(41)29(43)36-21-15-16-21)37-28(42)25-24-22(34(24,8)9)19-40(25)30(44)27(32(2,3)4)38-31(45)39-35(17-12-11-13-18-35)20-48(46,47)33(5,6)7/h21-25,27H,10-20H2,1-9H3,(H,36,43)(H,37,42)(H2,38,39,45)/t22?,23?,24?,25-,27-/m1/s1. The van der Waals surface area contributed by atoms with Gasteiger partial charge in [-0.1, -0.05) is 67.2 Å². The Morgan fingerprint density at radius 1 is 0.917 bits per heavy atom. The molecule has 4 N–H and O–H groups in total. The summed E-state index contributed by atoms with van der Waals surface area (Å²) >= 11 is 0. The second-order valence-electron chi connectivity index (χ2n) is 17.5. The first-order valence-electron chi connectivity index (χ1n) is 17.8. The molecule has 48 heavy (non-hydrogen) atoms. The molecule has 272 valence electrons. The minimum atomic E-state index is -3.56. The molecule has 4 aliphatic rings. The Hall–Kier alpha value is -2.70. The molecule has 3 aliphatic carbocycles. The van der Waals surface area contributed by atoms with Crippen molar-refractivity contribution in [3.63, 3.8) is 0 Å². The lowest BCUT2D eigenvalue weighted by Crippen LogP contribution is -2.64. The predicted molar refractivity (Wildman–Crippen MR) is 184 cm³/mol. The van der Waals surface area contributed by atoms with Gasteiger partial charge >= 0.3 is 6.03 Å². The smallest absolute Gasteiger partial charge is 0.315 e. The van der Waals surface area contributed by atoms with E-state index in [1.54, 1.807) is 20.8 Å². The van der Waals surface area contributed by atoms with Crippen LogP contribution in [0.4, 0.5) is 4.79 Å². The van der Waals surface area contributed by atoms with E-state index in [1.807, 2.05) is 27.7 Å². The number of carbonyl (C=O) groups is 5. The van der Waals surface area contributed by atoms with E-state index in [-0.39, 0.29) is 29.0 Å². The van der Waals surface area contributed by atoms with E-state index in [0.29, 0.717) is 32.2 Å². The third kappa shape index (κ3) is 8.18. The lowest BCUT2D eigenvalue weighted by Gasteiger charge is -2.41. The fourth-order valence-corrected chi connectivity index (χ4v) is 9.13. The average Bonchev–Trinajstić information content (AvgIpc) is 3.81. The zero-order valence-electron chi connectivity index (χ0n) is 30.5. The van der Waals surface area contributed by atoms with Crippen molar-refractivity contribution in [1.29, 1.82) is 0 Å². The summed E-state index contributed by atoms with van der Waals surface area (Å²) in [4.78, 5) is 69.3. The number of ketones is 1. The van der Waals surface area contributed by atoms with Gasteiger partial charge in [0.2, 0.25) is 17.6 Å². The van der Waals surface area contributed by atoms with Gasteiger partial charge in [-0.15, -0.1) is 0 Å². The van der Waals surface area contributed by atoms with Crippen molar-refractivity contribution in [1.82, 2.24) is 26.2 Å². The van der Waals surface area contributed by atoms with Crippen LogP contribution in [0.25, 0.3) is 0 Å². The van der Waals surface area contributed by atoms with E-state index in [9.17, 15) is 32.4 Å². The van der Waals surface area contributed by atoms with Crippen LogP contribution in [-0.2, 0) is 29.0 Å². The molecule has 0 spiro atoms. The average molecular weight is 694 g/mol. The molecule has 1 aliphatic heterocycles. The van der Waals surface area contributed by atoms with E-state index in [1.165, 1.54) is 4.90 Å². The Morgan fingerprint density at radius 2 is 1.52 bits per heavy atom. The summed E-state index contributed by atoms with van der Waals surface area (Å²) in [7, 11) is -3.56. The molecule has 5 atom stereocenters. The van der Waals surface area contributed by atoms with Crippen molar-refractivity contribution in [2.45, 2.75) is 155 Å². The number of sulfone groups is 1. The molecule has 3 unspecified atom stereocenters. The van der Waals surface area contributed by atoms with Crippen molar-refractivity contribution in [2.24, 2.45) is 22.7 Å². The fourth-order valence-electron chi connectivity index (χ4n) is 7.61. The highest BCUT2D eigenvalue weighted by atomic mass is 32.2. The molecule has 5 amide bonds. The monoisotopic (exact) mass is 693 g/mol. The van der Waals surface area contributed by atoms with E-state index in [2.05, 4.69) is 35.1 Å². The Balaban J connectivity index is 1.54. The van der Waals surface area contributed by atoms with Gasteiger partial charge in [0, 0.05) is 12.6 Å². The van der Waals surface area contributed by atoms with Crippen LogP contribution in [0.3, 0.4) is 0 Å². The highest BCUT2D eigenvalue weighted by Crippen LogP contribution is 2.65. The Bertz CT molecular complexity index is 1390. The number of hydrogen-bond acceptors (Lipinski definition) is 7. The number of hydrogen-bond donors (Lipinski definition) is 4. The number of Topliss-reactive ketones (excluding diaryl/α,β-unsaturated/α-hetero) is 1. The summed E-state index contributed by atoms with van der Waals surface area (Å²) in [5.74, 6) is -2.53. The van der Waals surface area contributed by atoms with Gasteiger partial charge in [-0.2, -0.15) is 0 Å². The van der Waals surface area contributed by atoms with Gasteiger partial charge in [-0.3, -0.25) is 19.2 Å². The van der Waals surface area contributed by atoms with Crippen molar-refractivity contribution in [3.05, 3.63) is 0 Å². The van der Waals surface area contributed by atoms with E-state index in [0.717, 1.165) is 32.1 Å².